The van der Waals surface area contributed by atoms with Gasteiger partial charge in [0.1, 0.15) is 0 Å². The predicted octanol–water partition coefficient (Wildman–Crippen LogP) is 3.64. The van der Waals surface area contributed by atoms with Crippen LogP contribution in [0.15, 0.2) is 36.5 Å². The largest absolute Gasteiger partial charge is 0.339 e. The zero-order valence-corrected chi connectivity index (χ0v) is 11.9. The van der Waals surface area contributed by atoms with Crippen molar-refractivity contribution in [1.82, 2.24) is 9.88 Å². The Balaban J connectivity index is 1.83. The zero-order valence-electron chi connectivity index (χ0n) is 11.9. The maximum Gasteiger partial charge on any atom is 0.255 e. The molecular weight excluding hydrogens is 248 g/mol. The fraction of sp³-hybridized carbons (Fsp3) is 0.412. The fourth-order valence-corrected chi connectivity index (χ4v) is 3.03. The molecule has 3 nitrogen and oxygen atoms in total. The van der Waals surface area contributed by atoms with E-state index in [0.717, 1.165) is 23.7 Å². The quantitative estimate of drug-likeness (QED) is 0.833. The van der Waals surface area contributed by atoms with E-state index < -0.39 is 0 Å². The first-order chi connectivity index (χ1) is 9.75. The molecule has 0 N–H and O–H groups in total. The van der Waals surface area contributed by atoms with E-state index >= 15 is 0 Å². The van der Waals surface area contributed by atoms with Crippen molar-refractivity contribution in [3.63, 3.8) is 0 Å². The van der Waals surface area contributed by atoms with Crippen molar-refractivity contribution in [1.29, 1.82) is 0 Å². The monoisotopic (exact) mass is 268 g/mol. The molecule has 0 unspecified atom stereocenters. The third-order valence-electron chi connectivity index (χ3n) is 4.28. The Labute approximate surface area is 119 Å². The third kappa shape index (κ3) is 2.53. The molecule has 0 spiro atoms. The molecule has 0 radical (unpaired) electrons. The number of aromatic nitrogens is 1. The lowest BCUT2D eigenvalue weighted by atomic mass is 9.94. The van der Waals surface area contributed by atoms with E-state index in [9.17, 15) is 4.79 Å². The number of nitrogens with zero attached hydrogens (tertiary/aromatic N) is 2. The summed E-state index contributed by atoms with van der Waals surface area (Å²) in [5, 5.41) is 1.02. The standard InChI is InChI=1S/C17H20N2O/c1-19(15-8-3-2-4-9-15)17(20)14-11-13-7-5-6-10-16(13)18-12-14/h5-7,10-12,15H,2-4,8-9H2,1H3. The summed E-state index contributed by atoms with van der Waals surface area (Å²) in [5.41, 5.74) is 1.63. The highest BCUT2D eigenvalue weighted by molar-refractivity contribution is 5.97. The molecule has 1 heterocycles. The van der Waals surface area contributed by atoms with Crippen LogP contribution < -0.4 is 0 Å². The Kier molecular flexibility index (Phi) is 3.68. The van der Waals surface area contributed by atoms with Gasteiger partial charge in [0.2, 0.25) is 0 Å². The van der Waals surface area contributed by atoms with Gasteiger partial charge in [-0.05, 0) is 25.0 Å². The Hall–Kier alpha value is -1.90. The van der Waals surface area contributed by atoms with E-state index in [1.807, 2.05) is 42.3 Å². The molecule has 1 saturated carbocycles. The minimum Gasteiger partial charge on any atom is -0.339 e. The Morgan fingerprint density at radius 2 is 1.95 bits per heavy atom. The van der Waals surface area contributed by atoms with Crippen LogP contribution in [0.3, 0.4) is 0 Å². The van der Waals surface area contributed by atoms with Crippen molar-refractivity contribution in [3.8, 4) is 0 Å². The lowest BCUT2D eigenvalue weighted by Crippen LogP contribution is -2.38. The first-order valence-electron chi connectivity index (χ1n) is 7.37. The van der Waals surface area contributed by atoms with Crippen LogP contribution in [0.25, 0.3) is 10.9 Å². The van der Waals surface area contributed by atoms with Crippen LogP contribution in [0.2, 0.25) is 0 Å². The number of pyridine rings is 1. The summed E-state index contributed by atoms with van der Waals surface area (Å²) in [6.45, 7) is 0. The number of hydrogen-bond acceptors (Lipinski definition) is 2. The van der Waals surface area contributed by atoms with Gasteiger partial charge in [0, 0.05) is 24.7 Å². The fourth-order valence-electron chi connectivity index (χ4n) is 3.03. The van der Waals surface area contributed by atoms with Crippen molar-refractivity contribution in [2.45, 2.75) is 38.1 Å². The van der Waals surface area contributed by atoms with Crippen molar-refractivity contribution in [3.05, 3.63) is 42.1 Å². The second-order valence-electron chi connectivity index (χ2n) is 5.62. The smallest absolute Gasteiger partial charge is 0.255 e. The molecule has 3 heteroatoms. The van der Waals surface area contributed by atoms with E-state index in [0.29, 0.717) is 11.6 Å². The van der Waals surface area contributed by atoms with Crippen molar-refractivity contribution in [2.75, 3.05) is 7.05 Å². The summed E-state index contributed by atoms with van der Waals surface area (Å²) in [6.07, 6.45) is 7.73. The molecule has 1 aromatic carbocycles. The highest BCUT2D eigenvalue weighted by Gasteiger charge is 2.23. The number of para-hydroxylation sites is 1. The first kappa shape index (κ1) is 13.1. The van der Waals surface area contributed by atoms with Crippen molar-refractivity contribution in [2.24, 2.45) is 0 Å². The van der Waals surface area contributed by atoms with Gasteiger partial charge in [-0.15, -0.1) is 0 Å². The topological polar surface area (TPSA) is 33.2 Å². The minimum absolute atomic E-state index is 0.0927. The molecule has 0 saturated heterocycles. The van der Waals surface area contributed by atoms with E-state index in [-0.39, 0.29) is 5.91 Å². The van der Waals surface area contributed by atoms with Crippen LogP contribution in [-0.2, 0) is 0 Å². The van der Waals surface area contributed by atoms with Crippen molar-refractivity contribution >= 4 is 16.8 Å². The molecule has 1 aliphatic carbocycles. The molecule has 1 amide bonds. The van der Waals surface area contributed by atoms with E-state index in [2.05, 4.69) is 4.98 Å². The highest BCUT2D eigenvalue weighted by Crippen LogP contribution is 2.23. The summed E-state index contributed by atoms with van der Waals surface area (Å²) in [6, 6.07) is 10.2. The molecule has 0 bridgehead atoms. The van der Waals surface area contributed by atoms with Crippen LogP contribution in [-0.4, -0.2) is 28.9 Å². The molecule has 1 aliphatic rings. The Morgan fingerprint density at radius 3 is 2.75 bits per heavy atom. The van der Waals surface area contributed by atoms with Crippen LogP contribution in [0.4, 0.5) is 0 Å². The summed E-state index contributed by atoms with van der Waals surface area (Å²) in [5.74, 6) is 0.0927. The van der Waals surface area contributed by atoms with Crippen molar-refractivity contribution < 1.29 is 4.79 Å². The number of amides is 1. The number of carbonyl (C=O) groups is 1. The molecule has 0 aliphatic heterocycles. The number of carbonyl (C=O) groups excluding carboxylic acids is 1. The van der Waals surface area contributed by atoms with Gasteiger partial charge in [-0.25, -0.2) is 0 Å². The van der Waals surface area contributed by atoms with E-state index in [1.165, 1.54) is 19.3 Å². The van der Waals surface area contributed by atoms with E-state index in [4.69, 9.17) is 0 Å². The van der Waals surface area contributed by atoms with Crippen LogP contribution in [0.5, 0.6) is 0 Å². The molecule has 1 aromatic heterocycles. The third-order valence-corrected chi connectivity index (χ3v) is 4.28. The van der Waals surface area contributed by atoms with Gasteiger partial charge in [0.05, 0.1) is 11.1 Å². The average Bonchev–Trinajstić information content (AvgIpc) is 2.54. The average molecular weight is 268 g/mol. The van der Waals surface area contributed by atoms with Gasteiger partial charge >= 0.3 is 0 Å². The van der Waals surface area contributed by atoms with Crippen LogP contribution >= 0.6 is 0 Å². The van der Waals surface area contributed by atoms with Crippen LogP contribution in [0, 0.1) is 0 Å². The van der Waals surface area contributed by atoms with E-state index in [1.54, 1.807) is 6.20 Å². The lowest BCUT2D eigenvalue weighted by Gasteiger charge is -2.31. The number of fused-ring (bicyclic) bond motifs is 1. The molecule has 1 fully saturated rings. The second kappa shape index (κ2) is 5.61. The number of rotatable bonds is 2. The van der Waals surface area contributed by atoms with Gasteiger partial charge in [-0.2, -0.15) is 0 Å². The second-order valence-corrected chi connectivity index (χ2v) is 5.62. The summed E-state index contributed by atoms with van der Waals surface area (Å²) >= 11 is 0. The molecule has 0 atom stereocenters. The van der Waals surface area contributed by atoms with Gasteiger partial charge in [0.25, 0.3) is 5.91 Å². The maximum atomic E-state index is 12.6. The SMILES string of the molecule is CN(C(=O)c1cnc2ccccc2c1)C1CCCCC1. The van der Waals surface area contributed by atoms with Crippen LogP contribution in [0.1, 0.15) is 42.5 Å². The summed E-state index contributed by atoms with van der Waals surface area (Å²) < 4.78 is 0. The molecule has 2 aromatic rings. The summed E-state index contributed by atoms with van der Waals surface area (Å²) in [7, 11) is 1.92. The molecule has 104 valence electrons. The number of benzene rings is 1. The number of hydrogen-bond donors (Lipinski definition) is 0. The summed E-state index contributed by atoms with van der Waals surface area (Å²) in [4.78, 5) is 18.9. The Bertz CT molecular complexity index is 617. The van der Waals surface area contributed by atoms with Gasteiger partial charge in [-0.1, -0.05) is 37.5 Å². The van der Waals surface area contributed by atoms with Gasteiger partial charge in [0.15, 0.2) is 0 Å². The normalized spacial score (nSPS) is 16.2. The van der Waals surface area contributed by atoms with Gasteiger partial charge < -0.3 is 4.90 Å². The maximum absolute atomic E-state index is 12.6. The zero-order chi connectivity index (χ0) is 13.9. The minimum atomic E-state index is 0.0927. The molecule has 3 rings (SSSR count). The molecular formula is C17H20N2O. The van der Waals surface area contributed by atoms with Gasteiger partial charge in [-0.3, -0.25) is 9.78 Å². The Morgan fingerprint density at radius 1 is 1.20 bits per heavy atom. The highest BCUT2D eigenvalue weighted by atomic mass is 16.2. The first-order valence-corrected chi connectivity index (χ1v) is 7.37. The molecule has 20 heavy (non-hydrogen) atoms. The predicted molar refractivity (Wildman–Crippen MR) is 80.7 cm³/mol. The lowest BCUT2D eigenvalue weighted by molar-refractivity contribution is 0.0696.